The maximum absolute atomic E-state index is 13.6. The number of thiocarbonyl (C=S) groups is 1. The van der Waals surface area contributed by atoms with Crippen molar-refractivity contribution in [3.8, 4) is 0 Å². The van der Waals surface area contributed by atoms with Crippen molar-refractivity contribution in [3.05, 3.63) is 44.7 Å². The van der Waals surface area contributed by atoms with Crippen LogP contribution in [0.1, 0.15) is 51.2 Å². The molecule has 0 spiro atoms. The number of hydrogen-bond acceptors (Lipinski definition) is 6. The molecule has 2 saturated heterocycles. The Labute approximate surface area is 198 Å². The molecule has 2 aromatic heterocycles. The molecule has 6 nitrogen and oxygen atoms in total. The molecule has 1 amide bonds. The molecule has 170 valence electrons. The van der Waals surface area contributed by atoms with E-state index in [-0.39, 0.29) is 11.5 Å². The van der Waals surface area contributed by atoms with E-state index in [2.05, 4.69) is 25.7 Å². The second-order valence-corrected chi connectivity index (χ2v) is 10.8. The van der Waals surface area contributed by atoms with Crippen molar-refractivity contribution in [2.24, 2.45) is 11.8 Å². The predicted molar refractivity (Wildman–Crippen MR) is 136 cm³/mol. The molecule has 0 bridgehead atoms. The number of carbonyl (C=O) groups excluding carboxylic acids is 1. The Balaban J connectivity index is 1.85. The third kappa shape index (κ3) is 4.35. The van der Waals surface area contributed by atoms with Crippen molar-refractivity contribution in [2.45, 2.75) is 47.0 Å². The summed E-state index contributed by atoms with van der Waals surface area (Å²) >= 11 is 6.73. The van der Waals surface area contributed by atoms with Crippen LogP contribution in [0.4, 0.5) is 5.82 Å². The van der Waals surface area contributed by atoms with Gasteiger partial charge in [-0.3, -0.25) is 18.9 Å². The van der Waals surface area contributed by atoms with Crippen LogP contribution >= 0.6 is 24.0 Å². The van der Waals surface area contributed by atoms with E-state index in [1.807, 2.05) is 19.1 Å². The summed E-state index contributed by atoms with van der Waals surface area (Å²) in [5.41, 5.74) is 1.91. The van der Waals surface area contributed by atoms with Crippen LogP contribution in [-0.2, 0) is 4.79 Å². The number of amides is 1. The van der Waals surface area contributed by atoms with Gasteiger partial charge in [0.15, 0.2) is 0 Å². The van der Waals surface area contributed by atoms with Crippen molar-refractivity contribution >= 4 is 51.7 Å². The topological polar surface area (TPSA) is 57.9 Å². The number of fused-ring (bicyclic) bond motifs is 1. The van der Waals surface area contributed by atoms with Gasteiger partial charge in [0, 0.05) is 25.8 Å². The Kier molecular flexibility index (Phi) is 6.72. The summed E-state index contributed by atoms with van der Waals surface area (Å²) in [4.78, 5) is 36.0. The molecule has 0 N–H and O–H groups in total. The number of aromatic nitrogens is 2. The molecule has 2 aliphatic rings. The first-order valence-electron chi connectivity index (χ1n) is 11.3. The van der Waals surface area contributed by atoms with Crippen molar-refractivity contribution in [2.75, 3.05) is 24.5 Å². The highest BCUT2D eigenvalue weighted by Gasteiger charge is 2.33. The second kappa shape index (κ2) is 9.35. The van der Waals surface area contributed by atoms with Gasteiger partial charge < -0.3 is 4.90 Å². The summed E-state index contributed by atoms with van der Waals surface area (Å²) in [6, 6.07) is 3.82. The Morgan fingerprint density at radius 1 is 1.25 bits per heavy atom. The van der Waals surface area contributed by atoms with E-state index in [0.29, 0.717) is 44.6 Å². The van der Waals surface area contributed by atoms with E-state index in [1.54, 1.807) is 21.6 Å². The second-order valence-electron chi connectivity index (χ2n) is 9.08. The number of anilines is 1. The quantitative estimate of drug-likeness (QED) is 0.474. The van der Waals surface area contributed by atoms with Crippen molar-refractivity contribution < 1.29 is 4.79 Å². The lowest BCUT2D eigenvalue weighted by atomic mass is 9.91. The molecule has 4 rings (SSSR count). The van der Waals surface area contributed by atoms with Gasteiger partial charge >= 0.3 is 0 Å². The number of unbranched alkanes of at least 4 members (excludes halogenated alkanes) is 1. The normalized spacial score (nSPS) is 23.1. The first kappa shape index (κ1) is 23.0. The van der Waals surface area contributed by atoms with Gasteiger partial charge in [-0.25, -0.2) is 4.98 Å². The summed E-state index contributed by atoms with van der Waals surface area (Å²) in [5, 5.41) is 0. The third-order valence-corrected chi connectivity index (χ3v) is 7.49. The lowest BCUT2D eigenvalue weighted by molar-refractivity contribution is -0.122. The molecule has 0 unspecified atom stereocenters. The summed E-state index contributed by atoms with van der Waals surface area (Å²) < 4.78 is 2.14. The fraction of sp³-hybridized carbons (Fsp3) is 0.500. The zero-order valence-corrected chi connectivity index (χ0v) is 20.8. The summed E-state index contributed by atoms with van der Waals surface area (Å²) in [5.74, 6) is 1.57. The van der Waals surface area contributed by atoms with E-state index in [1.165, 1.54) is 11.8 Å². The van der Waals surface area contributed by atoms with E-state index in [9.17, 15) is 9.59 Å². The number of nitrogens with zero attached hydrogens (tertiary/aromatic N) is 4. The van der Waals surface area contributed by atoms with Gasteiger partial charge in [0.05, 0.1) is 10.5 Å². The van der Waals surface area contributed by atoms with Gasteiger partial charge in [-0.05, 0) is 49.3 Å². The van der Waals surface area contributed by atoms with Gasteiger partial charge in [0.25, 0.3) is 11.5 Å². The van der Waals surface area contributed by atoms with E-state index >= 15 is 0 Å². The zero-order chi connectivity index (χ0) is 23.0. The van der Waals surface area contributed by atoms with E-state index in [4.69, 9.17) is 17.2 Å². The summed E-state index contributed by atoms with van der Waals surface area (Å²) in [6.45, 7) is 10.8. The molecule has 2 aromatic rings. The lowest BCUT2D eigenvalue weighted by Gasteiger charge is -2.36. The number of carbonyl (C=O) groups is 1. The minimum absolute atomic E-state index is 0.117. The standard InChI is InChI=1S/C24H30N4O2S2/c1-5-6-9-28-23(30)19(32-24(28)31)12-18-21(26-13-15(2)11-16(3)14-26)25-20-17(4)8-7-10-27(20)22(18)29/h7-8,10,12,15-16H,5-6,9,11,13-14H2,1-4H3/b19-12-/t15-,16-/m1/s1. The van der Waals surface area contributed by atoms with E-state index < -0.39 is 0 Å². The Hall–Kier alpha value is -2.19. The fourth-order valence-electron chi connectivity index (χ4n) is 4.64. The SMILES string of the molecule is CCCCN1C(=O)/C(=C/c2c(N3C[C@H](C)C[C@@H](C)C3)nc3c(C)cccn3c2=O)SC1=S. The van der Waals surface area contributed by atoms with Crippen molar-refractivity contribution in [1.29, 1.82) is 0 Å². The van der Waals surface area contributed by atoms with Crippen molar-refractivity contribution in [3.63, 3.8) is 0 Å². The molecule has 8 heteroatoms. The highest BCUT2D eigenvalue weighted by molar-refractivity contribution is 8.26. The maximum Gasteiger partial charge on any atom is 0.267 e. The smallest absolute Gasteiger partial charge is 0.267 e. The van der Waals surface area contributed by atoms with Gasteiger partial charge in [0.1, 0.15) is 15.8 Å². The van der Waals surface area contributed by atoms with Gasteiger partial charge in [-0.2, -0.15) is 0 Å². The van der Waals surface area contributed by atoms with Crippen LogP contribution in [0.2, 0.25) is 0 Å². The van der Waals surface area contributed by atoms with Gasteiger partial charge in [-0.15, -0.1) is 0 Å². The number of thioether (sulfide) groups is 1. The fourth-order valence-corrected chi connectivity index (χ4v) is 5.93. The molecule has 32 heavy (non-hydrogen) atoms. The summed E-state index contributed by atoms with van der Waals surface area (Å²) in [7, 11) is 0. The Morgan fingerprint density at radius 2 is 1.97 bits per heavy atom. The molecule has 0 aromatic carbocycles. The number of hydrogen-bond donors (Lipinski definition) is 0. The molecule has 2 aliphatic heterocycles. The zero-order valence-electron chi connectivity index (χ0n) is 19.1. The van der Waals surface area contributed by atoms with Crippen LogP contribution in [0.25, 0.3) is 11.7 Å². The Morgan fingerprint density at radius 3 is 2.66 bits per heavy atom. The third-order valence-electron chi connectivity index (χ3n) is 6.12. The van der Waals surface area contributed by atoms with Crippen LogP contribution in [0.15, 0.2) is 28.0 Å². The molecule has 2 fully saturated rings. The minimum atomic E-state index is -0.154. The molecule has 4 heterocycles. The van der Waals surface area contributed by atoms with Crippen LogP contribution in [0.5, 0.6) is 0 Å². The highest BCUT2D eigenvalue weighted by atomic mass is 32.2. The van der Waals surface area contributed by atoms with Crippen molar-refractivity contribution in [1.82, 2.24) is 14.3 Å². The minimum Gasteiger partial charge on any atom is -0.355 e. The monoisotopic (exact) mass is 470 g/mol. The first-order chi connectivity index (χ1) is 15.3. The largest absolute Gasteiger partial charge is 0.355 e. The van der Waals surface area contributed by atoms with E-state index in [0.717, 1.165) is 37.9 Å². The van der Waals surface area contributed by atoms with Crippen LogP contribution in [0, 0.1) is 18.8 Å². The molecule has 0 saturated carbocycles. The van der Waals surface area contributed by atoms with Crippen LogP contribution < -0.4 is 10.5 Å². The molecule has 0 aliphatic carbocycles. The number of aryl methyl sites for hydroxylation is 1. The number of pyridine rings is 1. The molecular formula is C24H30N4O2S2. The average molecular weight is 471 g/mol. The van der Waals surface area contributed by atoms with Gasteiger partial charge in [0.2, 0.25) is 0 Å². The number of piperidine rings is 1. The van der Waals surface area contributed by atoms with Crippen LogP contribution in [-0.4, -0.2) is 44.1 Å². The average Bonchev–Trinajstić information content (AvgIpc) is 3.00. The lowest BCUT2D eigenvalue weighted by Crippen LogP contribution is -2.40. The first-order valence-corrected chi connectivity index (χ1v) is 12.5. The highest BCUT2D eigenvalue weighted by Crippen LogP contribution is 2.34. The van der Waals surface area contributed by atoms with Gasteiger partial charge in [-0.1, -0.05) is 57.2 Å². The molecule has 0 radical (unpaired) electrons. The maximum atomic E-state index is 13.6. The van der Waals surface area contributed by atoms with Crippen LogP contribution in [0.3, 0.4) is 0 Å². The molecular weight excluding hydrogens is 440 g/mol. The predicted octanol–water partition coefficient (Wildman–Crippen LogP) is 4.49. The summed E-state index contributed by atoms with van der Waals surface area (Å²) in [6.07, 6.45) is 6.50. The Bertz CT molecular complexity index is 1150. The molecule has 2 atom stereocenters. The number of rotatable bonds is 5.